The van der Waals surface area contributed by atoms with Gasteiger partial charge in [0.15, 0.2) is 6.10 Å². The van der Waals surface area contributed by atoms with Crippen LogP contribution in [0.2, 0.25) is 0 Å². The summed E-state index contributed by atoms with van der Waals surface area (Å²) >= 11 is 0. The Hall–Kier alpha value is -3.44. The Balaban J connectivity index is 2.05. The second-order valence-electron chi connectivity index (χ2n) is 7.22. The normalized spacial score (nSPS) is 12.1. The molecule has 2 amide bonds. The van der Waals surface area contributed by atoms with Crippen LogP contribution in [-0.2, 0) is 24.3 Å². The lowest BCUT2D eigenvalue weighted by Gasteiger charge is -2.17. The number of nitrogens with zero attached hydrogens (tertiary/aromatic N) is 1. The number of hydrogen-bond donors (Lipinski definition) is 2. The lowest BCUT2D eigenvalue weighted by Crippen LogP contribution is -2.30. The van der Waals surface area contributed by atoms with Gasteiger partial charge in [-0.25, -0.2) is 22.3 Å². The summed E-state index contributed by atoms with van der Waals surface area (Å²) in [5.74, 6) is -1.35. The first-order valence-electron chi connectivity index (χ1n) is 10.0. The average Bonchev–Trinajstić information content (AvgIpc) is 2.75. The van der Waals surface area contributed by atoms with Crippen molar-refractivity contribution in [1.82, 2.24) is 4.31 Å². The number of esters is 1. The van der Waals surface area contributed by atoms with Gasteiger partial charge in [0.2, 0.25) is 10.0 Å². The third kappa shape index (κ3) is 6.77. The van der Waals surface area contributed by atoms with Crippen molar-refractivity contribution < 1.29 is 32.3 Å². The molecular formula is C22H27N3O7S. The van der Waals surface area contributed by atoms with Crippen molar-refractivity contribution >= 4 is 39.4 Å². The van der Waals surface area contributed by atoms with E-state index in [1.807, 2.05) is 0 Å². The molecule has 0 aliphatic carbocycles. The fourth-order valence-corrected chi connectivity index (χ4v) is 3.53. The number of nitrogens with one attached hydrogen (secondary N) is 2. The van der Waals surface area contributed by atoms with E-state index in [0.29, 0.717) is 16.9 Å². The largest absolute Gasteiger partial charge is 0.450 e. The van der Waals surface area contributed by atoms with Crippen LogP contribution in [0.1, 0.15) is 29.8 Å². The van der Waals surface area contributed by atoms with E-state index >= 15 is 0 Å². The van der Waals surface area contributed by atoms with Crippen molar-refractivity contribution in [1.29, 1.82) is 0 Å². The molecule has 0 saturated heterocycles. The van der Waals surface area contributed by atoms with E-state index in [-0.39, 0.29) is 17.1 Å². The lowest BCUT2D eigenvalue weighted by atomic mass is 10.2. The van der Waals surface area contributed by atoms with Crippen LogP contribution in [0.25, 0.3) is 0 Å². The van der Waals surface area contributed by atoms with Crippen molar-refractivity contribution in [3.63, 3.8) is 0 Å². The second kappa shape index (κ2) is 10.9. The van der Waals surface area contributed by atoms with E-state index < -0.39 is 34.1 Å². The number of carbonyl (C=O) groups is 3. The van der Waals surface area contributed by atoms with Gasteiger partial charge in [0.1, 0.15) is 0 Å². The molecule has 10 nitrogen and oxygen atoms in total. The zero-order valence-electron chi connectivity index (χ0n) is 19.0. The van der Waals surface area contributed by atoms with Crippen LogP contribution < -0.4 is 10.6 Å². The zero-order valence-corrected chi connectivity index (χ0v) is 19.9. The lowest BCUT2D eigenvalue weighted by molar-refractivity contribution is -0.123. The molecule has 0 aliphatic rings. The zero-order chi connectivity index (χ0) is 24.8. The molecule has 0 aliphatic heterocycles. The van der Waals surface area contributed by atoms with Crippen molar-refractivity contribution in [2.24, 2.45) is 0 Å². The minimum absolute atomic E-state index is 0.0227. The Labute approximate surface area is 192 Å². The van der Waals surface area contributed by atoms with Crippen molar-refractivity contribution in [2.75, 3.05) is 31.3 Å². The van der Waals surface area contributed by atoms with E-state index in [1.165, 1.54) is 57.4 Å². The van der Waals surface area contributed by atoms with Gasteiger partial charge >= 0.3 is 12.1 Å². The van der Waals surface area contributed by atoms with Gasteiger partial charge in [-0.15, -0.1) is 0 Å². The number of carbonyl (C=O) groups excluding carboxylic acids is 3. The number of benzene rings is 2. The molecule has 0 bridgehead atoms. The van der Waals surface area contributed by atoms with Gasteiger partial charge in [-0.1, -0.05) is 6.07 Å². The monoisotopic (exact) mass is 477 g/mol. The number of aryl methyl sites for hydroxylation is 1. The number of rotatable bonds is 8. The maximum absolute atomic E-state index is 12.6. The van der Waals surface area contributed by atoms with E-state index in [4.69, 9.17) is 9.47 Å². The van der Waals surface area contributed by atoms with Crippen LogP contribution in [0, 0.1) is 6.92 Å². The van der Waals surface area contributed by atoms with Gasteiger partial charge in [-0.05, 0) is 62.7 Å². The molecule has 0 radical (unpaired) electrons. The molecule has 0 saturated carbocycles. The summed E-state index contributed by atoms with van der Waals surface area (Å²) in [5, 5.41) is 5.10. The van der Waals surface area contributed by atoms with E-state index in [1.54, 1.807) is 19.9 Å². The number of sulfonamides is 1. The summed E-state index contributed by atoms with van der Waals surface area (Å²) in [6.07, 6.45) is -1.76. The number of hydrogen-bond acceptors (Lipinski definition) is 7. The quantitative estimate of drug-likeness (QED) is 0.559. The smallest absolute Gasteiger partial charge is 0.411 e. The summed E-state index contributed by atoms with van der Waals surface area (Å²) in [4.78, 5) is 36.4. The first-order valence-corrected chi connectivity index (χ1v) is 11.5. The standard InChI is InChI=1S/C22H27N3O7S/c1-6-31-22(28)23-17-10-8-16(9-11-17)21(27)32-15(3)20(26)24-19-13-18(12-7-14(19)2)33(29,30)25(4)5/h7-13,15H,6H2,1-5H3,(H,23,28)(H,24,26)/t15-/m0/s1. The molecule has 0 spiro atoms. The van der Waals surface area contributed by atoms with Crippen LogP contribution in [-0.4, -0.2) is 57.5 Å². The van der Waals surface area contributed by atoms with Gasteiger partial charge in [0.25, 0.3) is 5.91 Å². The van der Waals surface area contributed by atoms with Crippen molar-refractivity contribution in [2.45, 2.75) is 31.8 Å². The first-order chi connectivity index (χ1) is 15.4. The summed E-state index contributed by atoms with van der Waals surface area (Å²) in [7, 11) is -0.857. The molecule has 0 fully saturated rings. The van der Waals surface area contributed by atoms with Gasteiger partial charge in [-0.3, -0.25) is 10.1 Å². The number of ether oxygens (including phenoxy) is 2. The molecular weight excluding hydrogens is 450 g/mol. The Kier molecular flexibility index (Phi) is 8.55. The predicted molar refractivity (Wildman–Crippen MR) is 123 cm³/mol. The van der Waals surface area contributed by atoms with Crippen LogP contribution in [0.3, 0.4) is 0 Å². The summed E-state index contributed by atoms with van der Waals surface area (Å²) < 4.78 is 35.8. The predicted octanol–water partition coefficient (Wildman–Crippen LogP) is 3.00. The number of amides is 2. The highest BCUT2D eigenvalue weighted by Crippen LogP contribution is 2.22. The molecule has 1 atom stereocenters. The molecule has 0 heterocycles. The SMILES string of the molecule is CCOC(=O)Nc1ccc(C(=O)O[C@@H](C)C(=O)Nc2cc(S(=O)(=O)N(C)C)ccc2C)cc1. The fourth-order valence-electron chi connectivity index (χ4n) is 2.60. The highest BCUT2D eigenvalue weighted by Gasteiger charge is 2.22. The van der Waals surface area contributed by atoms with Crippen LogP contribution >= 0.6 is 0 Å². The Morgan fingerprint density at radius 3 is 2.24 bits per heavy atom. The molecule has 178 valence electrons. The van der Waals surface area contributed by atoms with Gasteiger partial charge in [0.05, 0.1) is 17.1 Å². The molecule has 0 aromatic heterocycles. The third-order valence-electron chi connectivity index (χ3n) is 4.54. The molecule has 2 N–H and O–H groups in total. The maximum atomic E-state index is 12.6. The summed E-state index contributed by atoms with van der Waals surface area (Å²) in [6.45, 7) is 5.02. The topological polar surface area (TPSA) is 131 Å². The van der Waals surface area contributed by atoms with E-state index in [9.17, 15) is 22.8 Å². The Bertz CT molecular complexity index is 1130. The summed E-state index contributed by atoms with van der Waals surface area (Å²) in [5.41, 5.74) is 1.54. The first kappa shape index (κ1) is 25.8. The number of anilines is 2. The summed E-state index contributed by atoms with van der Waals surface area (Å²) in [6, 6.07) is 10.3. The second-order valence-corrected chi connectivity index (χ2v) is 9.38. The molecule has 33 heavy (non-hydrogen) atoms. The minimum atomic E-state index is -3.68. The van der Waals surface area contributed by atoms with Gasteiger partial charge in [0, 0.05) is 25.5 Å². The van der Waals surface area contributed by atoms with Gasteiger partial charge < -0.3 is 14.8 Å². The average molecular weight is 478 g/mol. The van der Waals surface area contributed by atoms with E-state index in [2.05, 4.69) is 10.6 Å². The molecule has 11 heteroatoms. The van der Waals surface area contributed by atoms with Crippen LogP contribution in [0.5, 0.6) is 0 Å². The Morgan fingerprint density at radius 1 is 1.03 bits per heavy atom. The van der Waals surface area contributed by atoms with Crippen LogP contribution in [0.15, 0.2) is 47.4 Å². The molecule has 2 rings (SSSR count). The minimum Gasteiger partial charge on any atom is -0.450 e. The highest BCUT2D eigenvalue weighted by atomic mass is 32.2. The van der Waals surface area contributed by atoms with Crippen LogP contribution in [0.4, 0.5) is 16.2 Å². The molecule has 0 unspecified atom stereocenters. The van der Waals surface area contributed by atoms with E-state index in [0.717, 1.165) is 4.31 Å². The van der Waals surface area contributed by atoms with Gasteiger partial charge in [-0.2, -0.15) is 0 Å². The molecule has 2 aromatic rings. The maximum Gasteiger partial charge on any atom is 0.411 e. The van der Waals surface area contributed by atoms with Crippen molar-refractivity contribution in [3.05, 3.63) is 53.6 Å². The third-order valence-corrected chi connectivity index (χ3v) is 6.35. The highest BCUT2D eigenvalue weighted by molar-refractivity contribution is 7.89. The van der Waals surface area contributed by atoms with Crippen molar-refractivity contribution in [3.8, 4) is 0 Å². The Morgan fingerprint density at radius 2 is 1.67 bits per heavy atom. The fraction of sp³-hybridized carbons (Fsp3) is 0.318. The molecule has 2 aromatic carbocycles.